The summed E-state index contributed by atoms with van der Waals surface area (Å²) in [6, 6.07) is 0. The van der Waals surface area contributed by atoms with Gasteiger partial charge in [0, 0.05) is 0 Å². The first kappa shape index (κ1) is 9.64. The zero-order chi connectivity index (χ0) is 9.30. The van der Waals surface area contributed by atoms with Gasteiger partial charge in [-0.2, -0.15) is 0 Å². The molecule has 0 amide bonds. The fourth-order valence-electron chi connectivity index (χ4n) is 0.686. The van der Waals surface area contributed by atoms with Gasteiger partial charge in [0.15, 0.2) is 11.0 Å². The van der Waals surface area contributed by atoms with E-state index in [1.807, 2.05) is 0 Å². The Morgan fingerprint density at radius 1 is 1.42 bits per heavy atom. The lowest BCUT2D eigenvalue weighted by atomic mass is 10.3. The van der Waals surface area contributed by atoms with Crippen LogP contribution in [0.25, 0.3) is 0 Å². The molecule has 0 fully saturated rings. The van der Waals surface area contributed by atoms with Crippen molar-refractivity contribution in [3.05, 3.63) is 21.9 Å². The number of rotatable bonds is 1. The standard InChI is InChI=1S/C6H5Cl2FN2O/c1-2(12)4-3(9)5(7)11-6(8)10-4/h2,12H,1H3. The molecule has 6 heteroatoms. The van der Waals surface area contributed by atoms with E-state index in [1.165, 1.54) is 6.92 Å². The molecule has 1 unspecified atom stereocenters. The minimum atomic E-state index is -1.05. The van der Waals surface area contributed by atoms with Crippen LogP contribution in [0.3, 0.4) is 0 Å². The van der Waals surface area contributed by atoms with E-state index in [2.05, 4.69) is 9.97 Å². The number of aliphatic hydroxyl groups is 1. The maximum Gasteiger partial charge on any atom is 0.224 e. The van der Waals surface area contributed by atoms with Crippen LogP contribution in [0, 0.1) is 5.82 Å². The zero-order valence-electron chi connectivity index (χ0n) is 6.05. The van der Waals surface area contributed by atoms with Gasteiger partial charge < -0.3 is 5.11 Å². The molecule has 1 heterocycles. The Labute approximate surface area is 78.2 Å². The van der Waals surface area contributed by atoms with Crippen molar-refractivity contribution in [3.63, 3.8) is 0 Å². The van der Waals surface area contributed by atoms with Crippen molar-refractivity contribution in [3.8, 4) is 0 Å². The van der Waals surface area contributed by atoms with Crippen molar-refractivity contribution in [2.75, 3.05) is 0 Å². The van der Waals surface area contributed by atoms with Crippen molar-refractivity contribution < 1.29 is 9.50 Å². The van der Waals surface area contributed by atoms with Crippen LogP contribution < -0.4 is 0 Å². The SMILES string of the molecule is CC(O)c1nc(Cl)nc(Cl)c1F. The first-order valence-electron chi connectivity index (χ1n) is 3.09. The maximum atomic E-state index is 13.0. The Bertz CT molecular complexity index is 306. The van der Waals surface area contributed by atoms with E-state index < -0.39 is 11.9 Å². The first-order valence-corrected chi connectivity index (χ1v) is 3.84. The third-order valence-corrected chi connectivity index (χ3v) is 1.62. The van der Waals surface area contributed by atoms with Crippen LogP contribution in [-0.4, -0.2) is 15.1 Å². The second-order valence-electron chi connectivity index (χ2n) is 2.16. The maximum absolute atomic E-state index is 13.0. The minimum absolute atomic E-state index is 0.183. The smallest absolute Gasteiger partial charge is 0.224 e. The summed E-state index contributed by atoms with van der Waals surface area (Å²) in [6.07, 6.45) is -1.05. The molecule has 0 aliphatic heterocycles. The average Bonchev–Trinajstić information content (AvgIpc) is 1.96. The Hall–Kier alpha value is -0.450. The fraction of sp³-hybridized carbons (Fsp3) is 0.333. The monoisotopic (exact) mass is 210 g/mol. The van der Waals surface area contributed by atoms with E-state index in [4.69, 9.17) is 28.3 Å². The molecular weight excluding hydrogens is 206 g/mol. The number of nitrogens with zero attached hydrogens (tertiary/aromatic N) is 2. The lowest BCUT2D eigenvalue weighted by Crippen LogP contribution is -2.02. The highest BCUT2D eigenvalue weighted by atomic mass is 35.5. The summed E-state index contributed by atoms with van der Waals surface area (Å²) in [6.45, 7) is 1.36. The quantitative estimate of drug-likeness (QED) is 0.570. The summed E-state index contributed by atoms with van der Waals surface area (Å²) in [5.74, 6) is -0.837. The fourth-order valence-corrected chi connectivity index (χ4v) is 1.08. The molecule has 0 aromatic carbocycles. The number of aliphatic hydroxyl groups excluding tert-OH is 1. The van der Waals surface area contributed by atoms with E-state index in [9.17, 15) is 4.39 Å². The molecule has 1 rings (SSSR count). The van der Waals surface area contributed by atoms with Crippen LogP contribution in [0.2, 0.25) is 10.4 Å². The summed E-state index contributed by atoms with van der Waals surface area (Å²) >= 11 is 10.7. The third kappa shape index (κ3) is 1.83. The summed E-state index contributed by atoms with van der Waals surface area (Å²) in [5.41, 5.74) is -0.194. The lowest BCUT2D eigenvalue weighted by molar-refractivity contribution is 0.188. The van der Waals surface area contributed by atoms with Crippen molar-refractivity contribution >= 4 is 23.2 Å². The normalized spacial score (nSPS) is 13.1. The van der Waals surface area contributed by atoms with Crippen LogP contribution in [0.5, 0.6) is 0 Å². The molecule has 1 atom stereocenters. The second kappa shape index (κ2) is 3.51. The highest BCUT2D eigenvalue weighted by Gasteiger charge is 2.15. The Balaban J connectivity index is 3.28. The van der Waals surface area contributed by atoms with Gasteiger partial charge >= 0.3 is 0 Å². The largest absolute Gasteiger partial charge is 0.387 e. The number of hydrogen-bond donors (Lipinski definition) is 1. The average molecular weight is 211 g/mol. The van der Waals surface area contributed by atoms with Gasteiger partial charge in [0.1, 0.15) is 5.69 Å². The van der Waals surface area contributed by atoms with E-state index in [-0.39, 0.29) is 16.1 Å². The molecular formula is C6H5Cl2FN2O. The molecule has 1 aromatic rings. The van der Waals surface area contributed by atoms with Gasteiger partial charge in [0.05, 0.1) is 6.10 Å². The summed E-state index contributed by atoms with van der Waals surface area (Å²) < 4.78 is 13.0. The van der Waals surface area contributed by atoms with E-state index in [0.29, 0.717) is 0 Å². The second-order valence-corrected chi connectivity index (χ2v) is 2.85. The summed E-state index contributed by atoms with van der Waals surface area (Å²) in [7, 11) is 0. The highest BCUT2D eigenvalue weighted by Crippen LogP contribution is 2.21. The molecule has 0 bridgehead atoms. The van der Waals surface area contributed by atoms with E-state index in [1.54, 1.807) is 0 Å². The van der Waals surface area contributed by atoms with Crippen LogP contribution in [-0.2, 0) is 0 Å². The van der Waals surface area contributed by atoms with Crippen LogP contribution in [0.15, 0.2) is 0 Å². The first-order chi connectivity index (χ1) is 5.52. The van der Waals surface area contributed by atoms with E-state index in [0.717, 1.165) is 0 Å². The Kier molecular flexibility index (Phi) is 2.82. The van der Waals surface area contributed by atoms with Gasteiger partial charge in [-0.1, -0.05) is 11.6 Å². The van der Waals surface area contributed by atoms with Crippen molar-refractivity contribution in [1.29, 1.82) is 0 Å². The van der Waals surface area contributed by atoms with Crippen molar-refractivity contribution in [2.45, 2.75) is 13.0 Å². The van der Waals surface area contributed by atoms with Crippen LogP contribution in [0.1, 0.15) is 18.7 Å². The molecule has 0 saturated carbocycles. The lowest BCUT2D eigenvalue weighted by Gasteiger charge is -2.05. The predicted octanol–water partition coefficient (Wildman–Crippen LogP) is 1.98. The number of aromatic nitrogens is 2. The molecule has 0 aliphatic rings. The molecule has 12 heavy (non-hydrogen) atoms. The minimum Gasteiger partial charge on any atom is -0.387 e. The van der Waals surface area contributed by atoms with Gasteiger partial charge in [0.2, 0.25) is 5.28 Å². The van der Waals surface area contributed by atoms with Gasteiger partial charge in [0.25, 0.3) is 0 Å². The third-order valence-electron chi connectivity index (χ3n) is 1.20. The highest BCUT2D eigenvalue weighted by molar-refractivity contribution is 6.31. The molecule has 0 radical (unpaired) electrons. The topological polar surface area (TPSA) is 46.0 Å². The van der Waals surface area contributed by atoms with Gasteiger partial charge in [-0.25, -0.2) is 14.4 Å². The molecule has 3 nitrogen and oxygen atoms in total. The van der Waals surface area contributed by atoms with Gasteiger partial charge in [-0.15, -0.1) is 0 Å². The van der Waals surface area contributed by atoms with Gasteiger partial charge in [-0.05, 0) is 18.5 Å². The van der Waals surface area contributed by atoms with E-state index >= 15 is 0 Å². The molecule has 66 valence electrons. The molecule has 1 N–H and O–H groups in total. The molecule has 0 aliphatic carbocycles. The van der Waals surface area contributed by atoms with Gasteiger partial charge in [-0.3, -0.25) is 0 Å². The molecule has 0 saturated heterocycles. The van der Waals surface area contributed by atoms with Crippen LogP contribution >= 0.6 is 23.2 Å². The number of halogens is 3. The number of hydrogen-bond acceptors (Lipinski definition) is 3. The van der Waals surface area contributed by atoms with Crippen molar-refractivity contribution in [1.82, 2.24) is 9.97 Å². The Morgan fingerprint density at radius 3 is 2.50 bits per heavy atom. The molecule has 1 aromatic heterocycles. The molecule has 0 spiro atoms. The summed E-state index contributed by atoms with van der Waals surface area (Å²) in [4.78, 5) is 6.83. The summed E-state index contributed by atoms with van der Waals surface area (Å²) in [5, 5.41) is 8.44. The van der Waals surface area contributed by atoms with Crippen LogP contribution in [0.4, 0.5) is 4.39 Å². The predicted molar refractivity (Wildman–Crippen MR) is 42.6 cm³/mol. The van der Waals surface area contributed by atoms with Crippen molar-refractivity contribution in [2.24, 2.45) is 0 Å². The Morgan fingerprint density at radius 2 is 2.00 bits per heavy atom. The zero-order valence-corrected chi connectivity index (χ0v) is 7.56.